The topological polar surface area (TPSA) is 38.9 Å². The van der Waals surface area contributed by atoms with Gasteiger partial charge >= 0.3 is 0 Å². The van der Waals surface area contributed by atoms with E-state index in [9.17, 15) is 0 Å². The number of benzene rings is 5. The molecule has 0 N–H and O–H groups in total. The van der Waals surface area contributed by atoms with Gasteiger partial charge in [0.05, 0.1) is 5.58 Å². The normalized spacial score (nSPS) is 11.6. The van der Waals surface area contributed by atoms with Crippen LogP contribution in [0.5, 0.6) is 0 Å². The Morgan fingerprint density at radius 2 is 1.40 bits per heavy atom. The van der Waals surface area contributed by atoms with Gasteiger partial charge in [-0.25, -0.2) is 0 Å². The quantitative estimate of drug-likeness (QED) is 0.150. The van der Waals surface area contributed by atoms with E-state index in [1.165, 1.54) is 38.9 Å². The van der Waals surface area contributed by atoms with Crippen LogP contribution >= 0.6 is 0 Å². The molecular weight excluding hydrogens is 825 g/mol. The fraction of sp³-hybridized carbons (Fsp3) is 0.184. The second-order valence-electron chi connectivity index (χ2n) is 14.2. The first-order valence-corrected chi connectivity index (χ1v) is 18.1. The summed E-state index contributed by atoms with van der Waals surface area (Å²) >= 11 is 0. The van der Waals surface area contributed by atoms with Crippen molar-refractivity contribution in [2.75, 3.05) is 0 Å². The molecule has 0 aliphatic carbocycles. The number of nitrogens with zero attached hydrogens (tertiary/aromatic N) is 2. The molecule has 267 valence electrons. The monoisotopic (exact) mass is 869 g/mol. The number of aryl methyl sites for hydroxylation is 3. The molecule has 3 nitrogen and oxygen atoms in total. The van der Waals surface area contributed by atoms with E-state index in [0.717, 1.165) is 56.4 Å². The van der Waals surface area contributed by atoms with Crippen molar-refractivity contribution < 1.29 is 24.5 Å². The molecule has 0 spiro atoms. The van der Waals surface area contributed by atoms with Crippen molar-refractivity contribution in [2.24, 2.45) is 5.92 Å². The van der Waals surface area contributed by atoms with E-state index in [1.54, 1.807) is 0 Å². The number of furan rings is 1. The minimum Gasteiger partial charge on any atom is -0.501 e. The van der Waals surface area contributed by atoms with E-state index in [-0.39, 0.29) is 20.1 Å². The van der Waals surface area contributed by atoms with Gasteiger partial charge in [-0.15, -0.1) is 53.6 Å². The van der Waals surface area contributed by atoms with E-state index < -0.39 is 0 Å². The molecule has 4 heteroatoms. The Bertz CT molecular complexity index is 2450. The third-order valence-electron chi connectivity index (χ3n) is 9.79. The van der Waals surface area contributed by atoms with E-state index >= 15 is 0 Å². The molecule has 1 atom stereocenters. The van der Waals surface area contributed by atoms with E-state index in [1.807, 2.05) is 30.6 Å². The molecule has 3 aromatic heterocycles. The number of hydrogen-bond donors (Lipinski definition) is 0. The Morgan fingerprint density at radius 1 is 0.660 bits per heavy atom. The van der Waals surface area contributed by atoms with Gasteiger partial charge in [0, 0.05) is 43.8 Å². The van der Waals surface area contributed by atoms with Gasteiger partial charge in [-0.1, -0.05) is 123 Å². The van der Waals surface area contributed by atoms with Crippen LogP contribution < -0.4 is 0 Å². The van der Waals surface area contributed by atoms with Gasteiger partial charge in [-0.3, -0.25) is 0 Å². The van der Waals surface area contributed by atoms with Crippen LogP contribution in [0.4, 0.5) is 0 Å². The summed E-state index contributed by atoms with van der Waals surface area (Å²) in [5, 5.41) is 2.22. The average molecular weight is 869 g/mol. The van der Waals surface area contributed by atoms with Gasteiger partial charge < -0.3 is 14.4 Å². The average Bonchev–Trinajstić information content (AvgIpc) is 3.55. The Labute approximate surface area is 327 Å². The smallest absolute Gasteiger partial charge is 0.120 e. The molecule has 0 bridgehead atoms. The third-order valence-corrected chi connectivity index (χ3v) is 9.79. The predicted octanol–water partition coefficient (Wildman–Crippen LogP) is 12.9. The summed E-state index contributed by atoms with van der Waals surface area (Å²) in [5.74, 6) is 0.972. The molecule has 8 aromatic rings. The van der Waals surface area contributed by atoms with E-state index in [2.05, 4.69) is 162 Å². The van der Waals surface area contributed by atoms with Gasteiger partial charge in [-0.05, 0) is 83.1 Å². The van der Waals surface area contributed by atoms with Crippen molar-refractivity contribution in [1.29, 1.82) is 0 Å². The minimum atomic E-state index is 0. The summed E-state index contributed by atoms with van der Waals surface area (Å²) in [4.78, 5) is 9.31. The summed E-state index contributed by atoms with van der Waals surface area (Å²) in [6.45, 7) is 13.1. The van der Waals surface area contributed by atoms with Crippen LogP contribution in [0.3, 0.4) is 0 Å². The van der Waals surface area contributed by atoms with Crippen LogP contribution in [0.1, 0.15) is 60.1 Å². The first-order chi connectivity index (χ1) is 25.2. The van der Waals surface area contributed by atoms with Crippen molar-refractivity contribution in [3.8, 4) is 33.6 Å². The van der Waals surface area contributed by atoms with Gasteiger partial charge in [0.25, 0.3) is 0 Å². The molecule has 0 fully saturated rings. The molecule has 53 heavy (non-hydrogen) atoms. The van der Waals surface area contributed by atoms with Crippen molar-refractivity contribution in [1.82, 2.24) is 9.97 Å². The molecule has 3 heterocycles. The van der Waals surface area contributed by atoms with Gasteiger partial charge in [0.1, 0.15) is 5.58 Å². The standard InChI is InChI=1S/C32H24NO.C17H20N.Ir/c1-21-20-33-30(19-28(21)24-12-7-4-8-13-24)27-15-9-14-26-29-18-25(16-17-31(29)34-32(26)27)22(2)23-10-5-3-6-11-23;1-12(2)9-16-11-18-17(10-14(16)4)15-7-5-13(3)6-8-15;/h3-14,16-20,22H,1-2H3;5-7,10-12H,9H2,1-4H3;/q2*-1;. The molecule has 5 aromatic carbocycles. The maximum absolute atomic E-state index is 6.38. The maximum Gasteiger partial charge on any atom is 0.120 e. The number of pyridine rings is 2. The van der Waals surface area contributed by atoms with Crippen LogP contribution in [0, 0.1) is 38.8 Å². The predicted molar refractivity (Wildman–Crippen MR) is 216 cm³/mol. The minimum absolute atomic E-state index is 0. The molecule has 0 saturated carbocycles. The van der Waals surface area contributed by atoms with Crippen LogP contribution in [0.15, 0.2) is 138 Å². The van der Waals surface area contributed by atoms with Gasteiger partial charge in [0.15, 0.2) is 0 Å². The molecule has 0 amide bonds. The molecule has 0 aliphatic heterocycles. The number of fused-ring (bicyclic) bond motifs is 3. The first kappa shape index (κ1) is 37.6. The molecule has 8 rings (SSSR count). The Hall–Kier alpha value is -5.15. The number of aromatic nitrogens is 2. The molecule has 1 radical (unpaired) electrons. The Morgan fingerprint density at radius 3 is 2.09 bits per heavy atom. The summed E-state index contributed by atoms with van der Waals surface area (Å²) in [7, 11) is 0. The van der Waals surface area contributed by atoms with Crippen molar-refractivity contribution in [3.63, 3.8) is 0 Å². The number of rotatable bonds is 7. The zero-order valence-electron chi connectivity index (χ0n) is 31.2. The summed E-state index contributed by atoms with van der Waals surface area (Å²) in [6.07, 6.45) is 5.04. The van der Waals surface area contributed by atoms with Crippen LogP contribution in [-0.2, 0) is 26.5 Å². The fourth-order valence-electron chi connectivity index (χ4n) is 6.79. The van der Waals surface area contributed by atoms with Gasteiger partial charge in [-0.2, -0.15) is 0 Å². The Balaban J connectivity index is 0.000000215. The second-order valence-corrected chi connectivity index (χ2v) is 14.2. The maximum atomic E-state index is 6.38. The molecule has 0 saturated heterocycles. The van der Waals surface area contributed by atoms with Crippen molar-refractivity contribution in [3.05, 3.63) is 179 Å². The molecule has 1 unspecified atom stereocenters. The van der Waals surface area contributed by atoms with E-state index in [4.69, 9.17) is 9.40 Å². The zero-order chi connectivity index (χ0) is 36.2. The second kappa shape index (κ2) is 16.7. The molecular formula is C49H44IrN2O-2. The molecule has 0 aliphatic rings. The Kier molecular flexibility index (Phi) is 11.8. The largest absolute Gasteiger partial charge is 0.501 e. The van der Waals surface area contributed by atoms with Crippen molar-refractivity contribution >= 4 is 21.9 Å². The van der Waals surface area contributed by atoms with E-state index in [0.29, 0.717) is 11.8 Å². The first-order valence-electron chi connectivity index (χ1n) is 18.1. The van der Waals surface area contributed by atoms with Crippen molar-refractivity contribution in [2.45, 2.75) is 53.9 Å². The van der Waals surface area contributed by atoms with Gasteiger partial charge in [0.2, 0.25) is 0 Å². The van der Waals surface area contributed by atoms with Crippen LogP contribution in [0.25, 0.3) is 55.6 Å². The third kappa shape index (κ3) is 8.41. The SMILES string of the molecule is Cc1c[c-]c(-c2cc(C)c(CC(C)C)cn2)cc1.Cc1cnc(-c2[c-]ccc3c2oc2ccc(C(C)c4ccccc4)cc23)cc1-c1ccccc1.[Ir]. The van der Waals surface area contributed by atoms with Crippen LogP contribution in [0.2, 0.25) is 0 Å². The fourth-order valence-corrected chi connectivity index (χ4v) is 6.79. The van der Waals surface area contributed by atoms with Crippen LogP contribution in [-0.4, -0.2) is 9.97 Å². The summed E-state index contributed by atoms with van der Waals surface area (Å²) in [6, 6.07) is 48.8. The number of hydrogen-bond acceptors (Lipinski definition) is 3. The summed E-state index contributed by atoms with van der Waals surface area (Å²) in [5.41, 5.74) is 15.5. The summed E-state index contributed by atoms with van der Waals surface area (Å²) < 4.78 is 6.38. The zero-order valence-corrected chi connectivity index (χ0v) is 33.6.